The first-order valence-corrected chi connectivity index (χ1v) is 9.37. The number of amides is 1. The quantitative estimate of drug-likeness (QED) is 0.633. The topological polar surface area (TPSA) is 86.1 Å². The summed E-state index contributed by atoms with van der Waals surface area (Å²) in [6.07, 6.45) is 1.58. The standard InChI is InChI=1S/C21H23FN4O3/c1-12(2)18-9-16(17-10-23-26(13(3)4)20(17)25-18)21(28)29-11-19(27)24-15-7-5-14(22)6-8-15/h5-10,12-13H,11H2,1-4H3,(H,24,27). The van der Waals surface area contributed by atoms with Crippen molar-refractivity contribution in [1.82, 2.24) is 14.8 Å². The first kappa shape index (κ1) is 20.4. The van der Waals surface area contributed by atoms with E-state index in [9.17, 15) is 14.0 Å². The van der Waals surface area contributed by atoms with E-state index in [0.29, 0.717) is 22.3 Å². The Morgan fingerprint density at radius 3 is 2.48 bits per heavy atom. The lowest BCUT2D eigenvalue weighted by Gasteiger charge is -2.12. The lowest BCUT2D eigenvalue weighted by atomic mass is 10.1. The molecule has 2 aromatic heterocycles. The highest BCUT2D eigenvalue weighted by atomic mass is 19.1. The fraction of sp³-hybridized carbons (Fsp3) is 0.333. The maximum atomic E-state index is 12.9. The zero-order valence-electron chi connectivity index (χ0n) is 16.8. The van der Waals surface area contributed by atoms with Crippen LogP contribution in [0.4, 0.5) is 10.1 Å². The monoisotopic (exact) mass is 398 g/mol. The summed E-state index contributed by atoms with van der Waals surface area (Å²) in [7, 11) is 0. The highest BCUT2D eigenvalue weighted by molar-refractivity contribution is 6.03. The SMILES string of the molecule is CC(C)c1cc(C(=O)OCC(=O)Nc2ccc(F)cc2)c2cnn(C(C)C)c2n1. The van der Waals surface area contributed by atoms with Gasteiger partial charge in [-0.05, 0) is 50.1 Å². The summed E-state index contributed by atoms with van der Waals surface area (Å²) in [5.74, 6) is -1.45. The summed E-state index contributed by atoms with van der Waals surface area (Å²) in [6, 6.07) is 7.07. The van der Waals surface area contributed by atoms with Gasteiger partial charge in [-0.15, -0.1) is 0 Å². The first-order chi connectivity index (χ1) is 13.8. The van der Waals surface area contributed by atoms with Gasteiger partial charge in [0.25, 0.3) is 5.91 Å². The Morgan fingerprint density at radius 2 is 1.86 bits per heavy atom. The van der Waals surface area contributed by atoms with Gasteiger partial charge in [0.05, 0.1) is 17.1 Å². The number of esters is 1. The Balaban J connectivity index is 1.79. The number of anilines is 1. The Hall–Kier alpha value is -3.29. The second kappa shape index (κ2) is 8.38. The second-order valence-corrected chi connectivity index (χ2v) is 7.30. The van der Waals surface area contributed by atoms with Crippen LogP contribution in [0.25, 0.3) is 11.0 Å². The molecule has 0 aliphatic heterocycles. The van der Waals surface area contributed by atoms with E-state index < -0.39 is 24.3 Å². The van der Waals surface area contributed by atoms with Gasteiger partial charge in [-0.25, -0.2) is 18.9 Å². The molecular formula is C21H23FN4O3. The van der Waals surface area contributed by atoms with Crippen molar-refractivity contribution in [2.24, 2.45) is 0 Å². The van der Waals surface area contributed by atoms with Gasteiger partial charge in [-0.3, -0.25) is 4.79 Å². The lowest BCUT2D eigenvalue weighted by Crippen LogP contribution is -2.21. The molecule has 0 aliphatic carbocycles. The molecule has 152 valence electrons. The highest BCUT2D eigenvalue weighted by Crippen LogP contribution is 2.25. The van der Waals surface area contributed by atoms with E-state index in [1.807, 2.05) is 27.7 Å². The van der Waals surface area contributed by atoms with Crippen LogP contribution < -0.4 is 5.32 Å². The molecule has 7 nitrogen and oxygen atoms in total. The van der Waals surface area contributed by atoms with Crippen LogP contribution in [0.1, 0.15) is 55.7 Å². The van der Waals surface area contributed by atoms with Crippen LogP contribution in [0.15, 0.2) is 36.5 Å². The smallest absolute Gasteiger partial charge is 0.339 e. The van der Waals surface area contributed by atoms with Crippen molar-refractivity contribution < 1.29 is 18.7 Å². The molecule has 1 N–H and O–H groups in total. The fourth-order valence-corrected chi connectivity index (χ4v) is 2.82. The van der Waals surface area contributed by atoms with Crippen LogP contribution in [-0.4, -0.2) is 33.2 Å². The van der Waals surface area contributed by atoms with Crippen molar-refractivity contribution in [1.29, 1.82) is 0 Å². The minimum Gasteiger partial charge on any atom is -0.452 e. The number of halogens is 1. The number of carbonyl (C=O) groups is 2. The summed E-state index contributed by atoms with van der Waals surface area (Å²) in [6.45, 7) is 7.46. The van der Waals surface area contributed by atoms with Gasteiger partial charge in [-0.2, -0.15) is 5.10 Å². The van der Waals surface area contributed by atoms with Gasteiger partial charge in [0.15, 0.2) is 12.3 Å². The average molecular weight is 398 g/mol. The molecule has 3 aromatic rings. The minimum absolute atomic E-state index is 0.0766. The van der Waals surface area contributed by atoms with Crippen molar-refractivity contribution in [2.45, 2.75) is 39.7 Å². The number of hydrogen-bond acceptors (Lipinski definition) is 5. The van der Waals surface area contributed by atoms with E-state index in [2.05, 4.69) is 15.4 Å². The van der Waals surface area contributed by atoms with E-state index >= 15 is 0 Å². The number of aromatic nitrogens is 3. The van der Waals surface area contributed by atoms with Crippen LogP contribution in [0.2, 0.25) is 0 Å². The molecule has 0 unspecified atom stereocenters. The number of fused-ring (bicyclic) bond motifs is 1. The molecule has 1 amide bonds. The number of rotatable bonds is 6. The van der Waals surface area contributed by atoms with E-state index in [1.54, 1.807) is 16.9 Å². The molecule has 8 heteroatoms. The molecule has 29 heavy (non-hydrogen) atoms. The number of pyridine rings is 1. The summed E-state index contributed by atoms with van der Waals surface area (Å²) >= 11 is 0. The van der Waals surface area contributed by atoms with Gasteiger partial charge < -0.3 is 10.1 Å². The molecule has 0 bridgehead atoms. The predicted octanol–water partition coefficient (Wildman–Crippen LogP) is 4.07. The van der Waals surface area contributed by atoms with E-state index in [4.69, 9.17) is 4.74 Å². The first-order valence-electron chi connectivity index (χ1n) is 9.37. The Bertz CT molecular complexity index is 1040. The van der Waals surface area contributed by atoms with Crippen molar-refractivity contribution >= 4 is 28.6 Å². The second-order valence-electron chi connectivity index (χ2n) is 7.30. The highest BCUT2D eigenvalue weighted by Gasteiger charge is 2.20. The number of benzene rings is 1. The number of hydrogen-bond donors (Lipinski definition) is 1. The Kier molecular flexibility index (Phi) is 5.91. The number of ether oxygens (including phenoxy) is 1. The molecule has 2 heterocycles. The summed E-state index contributed by atoms with van der Waals surface area (Å²) in [5, 5.41) is 7.46. The largest absolute Gasteiger partial charge is 0.452 e. The zero-order chi connectivity index (χ0) is 21.1. The number of nitrogens with zero attached hydrogens (tertiary/aromatic N) is 3. The van der Waals surface area contributed by atoms with Crippen LogP contribution >= 0.6 is 0 Å². The predicted molar refractivity (Wildman–Crippen MR) is 107 cm³/mol. The molecule has 0 saturated carbocycles. The third kappa shape index (κ3) is 4.59. The van der Waals surface area contributed by atoms with Crippen molar-refractivity contribution in [3.8, 4) is 0 Å². The van der Waals surface area contributed by atoms with Gasteiger partial charge in [-0.1, -0.05) is 13.8 Å². The molecule has 0 spiro atoms. The van der Waals surface area contributed by atoms with Crippen LogP contribution in [0.3, 0.4) is 0 Å². The van der Waals surface area contributed by atoms with E-state index in [0.717, 1.165) is 5.69 Å². The molecule has 0 fully saturated rings. The molecule has 0 aliphatic rings. The van der Waals surface area contributed by atoms with Crippen molar-refractivity contribution in [2.75, 3.05) is 11.9 Å². The van der Waals surface area contributed by atoms with Gasteiger partial charge in [0.2, 0.25) is 0 Å². The van der Waals surface area contributed by atoms with Gasteiger partial charge in [0, 0.05) is 17.4 Å². The maximum absolute atomic E-state index is 12.9. The van der Waals surface area contributed by atoms with Gasteiger partial charge >= 0.3 is 5.97 Å². The van der Waals surface area contributed by atoms with Crippen LogP contribution in [0.5, 0.6) is 0 Å². The average Bonchev–Trinajstić information content (AvgIpc) is 3.11. The molecule has 0 radical (unpaired) electrons. The van der Waals surface area contributed by atoms with Crippen LogP contribution in [-0.2, 0) is 9.53 Å². The van der Waals surface area contributed by atoms with E-state index in [1.165, 1.54) is 24.3 Å². The molecule has 3 rings (SSSR count). The summed E-state index contributed by atoms with van der Waals surface area (Å²) in [4.78, 5) is 29.4. The Morgan fingerprint density at radius 1 is 1.17 bits per heavy atom. The molecular weight excluding hydrogens is 375 g/mol. The Labute approximate surface area is 167 Å². The summed E-state index contributed by atoms with van der Waals surface area (Å²) in [5.41, 5.74) is 2.08. The van der Waals surface area contributed by atoms with Crippen LogP contribution in [0, 0.1) is 5.82 Å². The third-order valence-electron chi connectivity index (χ3n) is 4.35. The lowest BCUT2D eigenvalue weighted by molar-refractivity contribution is -0.119. The van der Waals surface area contributed by atoms with Crippen molar-refractivity contribution in [3.63, 3.8) is 0 Å². The third-order valence-corrected chi connectivity index (χ3v) is 4.35. The molecule has 0 atom stereocenters. The zero-order valence-corrected chi connectivity index (χ0v) is 16.8. The van der Waals surface area contributed by atoms with Gasteiger partial charge in [0.1, 0.15) is 5.82 Å². The number of nitrogens with one attached hydrogen (secondary N) is 1. The fourth-order valence-electron chi connectivity index (χ4n) is 2.82. The maximum Gasteiger partial charge on any atom is 0.339 e. The normalized spacial score (nSPS) is 11.3. The minimum atomic E-state index is -0.628. The molecule has 1 aromatic carbocycles. The summed E-state index contributed by atoms with van der Waals surface area (Å²) < 4.78 is 19.9. The van der Waals surface area contributed by atoms with E-state index in [-0.39, 0.29) is 12.0 Å². The number of carbonyl (C=O) groups excluding carboxylic acids is 2. The van der Waals surface area contributed by atoms with Crippen molar-refractivity contribution in [3.05, 3.63) is 53.6 Å². The molecule has 0 saturated heterocycles.